The van der Waals surface area contributed by atoms with Crippen LogP contribution >= 0.6 is 0 Å². The molecule has 11 atom stereocenters. The van der Waals surface area contributed by atoms with E-state index < -0.39 is 100 Å². The number of esters is 2. The van der Waals surface area contributed by atoms with Gasteiger partial charge in [0, 0.05) is 30.1 Å². The van der Waals surface area contributed by atoms with Gasteiger partial charge in [0.05, 0.1) is 35.8 Å². The van der Waals surface area contributed by atoms with E-state index in [1.54, 1.807) is 102 Å². The summed E-state index contributed by atoms with van der Waals surface area (Å²) in [4.78, 5) is 55.4. The Morgan fingerprint density at radius 1 is 0.963 bits per heavy atom. The lowest BCUT2D eigenvalue weighted by Gasteiger charge is -2.64. The Morgan fingerprint density at radius 2 is 1.57 bits per heavy atom. The third-order valence-electron chi connectivity index (χ3n) is 12.2. The molecule has 3 fully saturated rings. The summed E-state index contributed by atoms with van der Waals surface area (Å²) >= 11 is 0. The number of hydrogen-bond donors (Lipinski definition) is 5. The molecule has 2 aromatic rings. The minimum Gasteiger partial charge on any atom is -0.456 e. The van der Waals surface area contributed by atoms with Gasteiger partial charge < -0.3 is 44.7 Å². The van der Waals surface area contributed by atoms with Crippen LogP contribution in [0.5, 0.6) is 0 Å². The van der Waals surface area contributed by atoms with Crippen LogP contribution in [0.4, 0.5) is 4.79 Å². The number of amides is 1. The number of aliphatic hydroxyl groups excluding tert-OH is 3. The maximum absolute atomic E-state index is 14.7. The van der Waals surface area contributed by atoms with Crippen LogP contribution in [0.3, 0.4) is 0 Å². The van der Waals surface area contributed by atoms with E-state index in [4.69, 9.17) is 18.9 Å². The first-order chi connectivity index (χ1) is 25.2. The van der Waals surface area contributed by atoms with Crippen molar-refractivity contribution in [2.75, 3.05) is 6.61 Å². The smallest absolute Gasteiger partial charge is 0.408 e. The number of alkyl carbamates (subject to hydrolysis) is 1. The van der Waals surface area contributed by atoms with Gasteiger partial charge in [-0.05, 0) is 63.5 Å². The first kappa shape index (κ1) is 39.6. The standard InChI is InChI=1S/C41H51NO12/c1-21-26(52-36(48)32(45)30(22-14-10-8-11-15-22)42-37(49)54-38(2,3)4)19-41(50)34(53-35(47)23-16-12-9-13-17-23)29-24-20-51-25(24)18-27(43)40(29,7)33(46)31(44)28(21)39(41,5)6/h8-17,24-27,29-32,34,43-45,50H,18-20H2,1-7H3,(H,42,49)/t24-,25-,26+,27+,29?,30+,31-,32-,34+,40-,41-/m1/s1. The van der Waals surface area contributed by atoms with Gasteiger partial charge in [-0.15, -0.1) is 0 Å². The van der Waals surface area contributed by atoms with Crippen LogP contribution < -0.4 is 5.32 Å². The zero-order chi connectivity index (χ0) is 39.5. The van der Waals surface area contributed by atoms with Gasteiger partial charge >= 0.3 is 18.0 Å². The number of aliphatic hydroxyl groups is 4. The van der Waals surface area contributed by atoms with Crippen LogP contribution in [0.1, 0.15) is 83.3 Å². The molecule has 1 amide bonds. The Hall–Kier alpha value is -4.14. The zero-order valence-electron chi connectivity index (χ0n) is 31.6. The molecule has 0 aromatic heterocycles. The van der Waals surface area contributed by atoms with Gasteiger partial charge in [-0.25, -0.2) is 14.4 Å². The third-order valence-corrected chi connectivity index (χ3v) is 12.2. The molecule has 54 heavy (non-hydrogen) atoms. The number of fused-ring (bicyclic) bond motifs is 5. The van der Waals surface area contributed by atoms with Gasteiger partial charge in [-0.2, -0.15) is 0 Å². The van der Waals surface area contributed by atoms with E-state index in [2.05, 4.69) is 5.32 Å². The molecule has 4 aliphatic rings. The molecule has 2 saturated carbocycles. The van der Waals surface area contributed by atoms with E-state index in [-0.39, 0.29) is 36.2 Å². The highest BCUT2D eigenvalue weighted by Gasteiger charge is 2.72. The summed E-state index contributed by atoms with van der Waals surface area (Å²) in [6.07, 6.45) is -9.62. The molecule has 13 heteroatoms. The molecule has 2 bridgehead atoms. The van der Waals surface area contributed by atoms with Crippen LogP contribution in [-0.2, 0) is 28.5 Å². The second-order valence-electron chi connectivity index (χ2n) is 16.8. The van der Waals surface area contributed by atoms with E-state index in [0.717, 1.165) is 0 Å². The number of ether oxygens (including phenoxy) is 4. The van der Waals surface area contributed by atoms with Crippen molar-refractivity contribution in [2.45, 2.75) is 115 Å². The lowest BCUT2D eigenvalue weighted by molar-refractivity contribution is -0.277. The molecule has 5 N–H and O–H groups in total. The molecule has 3 aliphatic carbocycles. The fourth-order valence-corrected chi connectivity index (χ4v) is 9.11. The van der Waals surface area contributed by atoms with Crippen LogP contribution in [0.25, 0.3) is 0 Å². The highest BCUT2D eigenvalue weighted by atomic mass is 16.6. The fraction of sp³-hybridized carbons (Fsp3) is 0.561. The van der Waals surface area contributed by atoms with Crippen molar-refractivity contribution < 1.29 is 58.6 Å². The van der Waals surface area contributed by atoms with Crippen LogP contribution in [0.15, 0.2) is 71.8 Å². The summed E-state index contributed by atoms with van der Waals surface area (Å²) in [5.74, 6) is -4.15. The van der Waals surface area contributed by atoms with Crippen molar-refractivity contribution in [3.05, 3.63) is 82.9 Å². The fourth-order valence-electron chi connectivity index (χ4n) is 9.11. The highest BCUT2D eigenvalue weighted by molar-refractivity contribution is 5.94. The van der Waals surface area contributed by atoms with E-state index in [9.17, 15) is 39.6 Å². The largest absolute Gasteiger partial charge is 0.456 e. The number of hydrogen-bond acceptors (Lipinski definition) is 12. The molecule has 1 heterocycles. The molecule has 6 rings (SSSR count). The van der Waals surface area contributed by atoms with E-state index in [0.29, 0.717) is 5.56 Å². The second-order valence-corrected chi connectivity index (χ2v) is 16.8. The number of carbonyl (C=O) groups is 4. The monoisotopic (exact) mass is 749 g/mol. The van der Waals surface area contributed by atoms with Gasteiger partial charge in [0.2, 0.25) is 0 Å². The van der Waals surface area contributed by atoms with Crippen molar-refractivity contribution in [1.29, 1.82) is 0 Å². The summed E-state index contributed by atoms with van der Waals surface area (Å²) in [5.41, 5.74) is -5.31. The predicted octanol–water partition coefficient (Wildman–Crippen LogP) is 3.57. The predicted molar refractivity (Wildman–Crippen MR) is 193 cm³/mol. The normalized spacial score (nSPS) is 34.1. The van der Waals surface area contributed by atoms with Crippen LogP contribution in [0, 0.1) is 22.7 Å². The van der Waals surface area contributed by atoms with E-state index in [1.807, 2.05) is 0 Å². The number of ketones is 1. The zero-order valence-corrected chi connectivity index (χ0v) is 31.6. The van der Waals surface area contributed by atoms with Crippen LogP contribution in [-0.4, -0.2) is 98.7 Å². The van der Waals surface area contributed by atoms with Gasteiger partial charge in [-0.1, -0.05) is 62.4 Å². The summed E-state index contributed by atoms with van der Waals surface area (Å²) in [6.45, 7) is 11.5. The summed E-state index contributed by atoms with van der Waals surface area (Å²) in [7, 11) is 0. The van der Waals surface area contributed by atoms with Crippen molar-refractivity contribution in [3.8, 4) is 0 Å². The molecule has 1 saturated heterocycles. The Morgan fingerprint density at radius 3 is 2.15 bits per heavy atom. The Bertz CT molecular complexity index is 1800. The third kappa shape index (κ3) is 6.63. The Balaban J connectivity index is 1.43. The molecular weight excluding hydrogens is 698 g/mol. The van der Waals surface area contributed by atoms with Crippen LogP contribution in [0.2, 0.25) is 0 Å². The molecule has 292 valence electrons. The number of Topliss-reactive ketones (excluding diaryl/α,β-unsaturated/α-hetero) is 1. The Kier molecular flexibility index (Phi) is 10.4. The van der Waals surface area contributed by atoms with Crippen molar-refractivity contribution in [1.82, 2.24) is 5.32 Å². The maximum atomic E-state index is 14.7. The van der Waals surface area contributed by atoms with Gasteiger partial charge in [0.25, 0.3) is 0 Å². The number of nitrogens with one attached hydrogen (secondary N) is 1. The molecule has 1 aliphatic heterocycles. The summed E-state index contributed by atoms with van der Waals surface area (Å²) in [5, 5.41) is 50.9. The minimum atomic E-state index is -2.12. The molecule has 1 unspecified atom stereocenters. The highest BCUT2D eigenvalue weighted by Crippen LogP contribution is 2.62. The average molecular weight is 750 g/mol. The summed E-state index contributed by atoms with van der Waals surface area (Å²) in [6, 6.07) is 15.1. The number of benzene rings is 2. The first-order valence-corrected chi connectivity index (χ1v) is 18.4. The lowest BCUT2D eigenvalue weighted by Crippen LogP contribution is -2.75. The van der Waals surface area contributed by atoms with Crippen molar-refractivity contribution in [2.24, 2.45) is 22.7 Å². The number of rotatable bonds is 7. The molecule has 0 spiro atoms. The average Bonchev–Trinajstić information content (AvgIpc) is 3.10. The van der Waals surface area contributed by atoms with E-state index in [1.165, 1.54) is 6.92 Å². The van der Waals surface area contributed by atoms with E-state index >= 15 is 0 Å². The summed E-state index contributed by atoms with van der Waals surface area (Å²) < 4.78 is 23.5. The van der Waals surface area contributed by atoms with Gasteiger partial charge in [-0.3, -0.25) is 4.79 Å². The van der Waals surface area contributed by atoms with Crippen molar-refractivity contribution >= 4 is 23.8 Å². The van der Waals surface area contributed by atoms with Gasteiger partial charge in [0.1, 0.15) is 29.5 Å². The quantitative estimate of drug-likeness (QED) is 0.157. The second kappa shape index (κ2) is 14.2. The molecule has 2 aromatic carbocycles. The SMILES string of the molecule is CC1=C2[C@@H](O)C(=O)[C@@]3(C)C([C@@H]4CO[C@@H]4C[C@@H]3O)[C@H](OC(=O)c3ccccc3)[C@](O)(C[C@@H]1OC(=O)[C@H](O)[C@@H](NC(=O)OC(C)(C)C)c1ccccc1)C2(C)C. The molecular formula is C41H51NO12. The minimum absolute atomic E-state index is 0.0413. The number of carbonyl (C=O) groups excluding carboxylic acids is 4. The molecule has 13 nitrogen and oxygen atoms in total. The van der Waals surface area contributed by atoms with Gasteiger partial charge in [0.15, 0.2) is 11.9 Å². The van der Waals surface area contributed by atoms with Crippen molar-refractivity contribution in [3.63, 3.8) is 0 Å². The topological polar surface area (TPSA) is 198 Å². The maximum Gasteiger partial charge on any atom is 0.408 e. The Labute approximate surface area is 314 Å². The lowest BCUT2D eigenvalue weighted by atomic mass is 9.46. The first-order valence-electron chi connectivity index (χ1n) is 18.4. The molecule has 0 radical (unpaired) electrons.